The first kappa shape index (κ1) is 21.8. The quantitative estimate of drug-likeness (QED) is 0.694. The number of carbonyl (C=O) groups is 3. The Hall–Kier alpha value is -2.89. The Bertz CT molecular complexity index is 934. The van der Waals surface area contributed by atoms with E-state index in [0.29, 0.717) is 5.56 Å². The summed E-state index contributed by atoms with van der Waals surface area (Å²) >= 11 is 0. The molecule has 2 atom stereocenters. The molecule has 6 nitrogen and oxygen atoms in total. The summed E-state index contributed by atoms with van der Waals surface area (Å²) in [5.74, 6) is -0.178. The van der Waals surface area contributed by atoms with Crippen LogP contribution in [0.3, 0.4) is 0 Å². The number of rotatable bonds is 7. The molecule has 0 saturated heterocycles. The second-order valence-electron chi connectivity index (χ2n) is 7.13. The molecule has 1 aliphatic carbocycles. The van der Waals surface area contributed by atoms with Crippen molar-refractivity contribution in [2.24, 2.45) is 0 Å². The Balaban J connectivity index is 1.63. The summed E-state index contributed by atoms with van der Waals surface area (Å²) < 4.78 is 4.87. The van der Waals surface area contributed by atoms with E-state index in [4.69, 9.17) is 4.74 Å². The second-order valence-corrected chi connectivity index (χ2v) is 7.13. The largest absolute Gasteiger partial charge is 0.464 e. The van der Waals surface area contributed by atoms with Crippen LogP contribution in [0.2, 0.25) is 0 Å². The van der Waals surface area contributed by atoms with E-state index in [1.165, 1.54) is 6.92 Å². The zero-order valence-corrected chi connectivity index (χ0v) is 17.3. The van der Waals surface area contributed by atoms with E-state index in [0.717, 1.165) is 22.3 Å². The van der Waals surface area contributed by atoms with Crippen molar-refractivity contribution in [2.75, 3.05) is 6.61 Å². The lowest BCUT2D eigenvalue weighted by Gasteiger charge is -2.17. The first-order chi connectivity index (χ1) is 14.4. The number of ether oxygens (including phenoxy) is 1. The van der Waals surface area contributed by atoms with E-state index in [-0.39, 0.29) is 12.5 Å². The van der Waals surface area contributed by atoms with E-state index in [9.17, 15) is 14.4 Å². The molecule has 2 amide bonds. The predicted molar refractivity (Wildman–Crippen MR) is 115 cm³/mol. The maximum atomic E-state index is 12.6. The van der Waals surface area contributed by atoms with Gasteiger partial charge in [-0.1, -0.05) is 24.3 Å². The van der Waals surface area contributed by atoms with Gasteiger partial charge in [0.05, 0.1) is 6.61 Å². The second kappa shape index (κ2) is 9.74. The molecule has 1 fully saturated rings. The minimum absolute atomic E-state index is 0.238. The molecule has 0 unspecified atom stereocenters. The number of hydrogen-bond donors (Lipinski definition) is 2. The summed E-state index contributed by atoms with van der Waals surface area (Å²) in [7, 11) is 0. The molecule has 30 heavy (non-hydrogen) atoms. The molecule has 1 aliphatic rings. The van der Waals surface area contributed by atoms with Gasteiger partial charge in [0.2, 0.25) is 5.91 Å². The molecule has 3 rings (SSSR count). The molecule has 0 heterocycles. The van der Waals surface area contributed by atoms with Crippen LogP contribution in [-0.2, 0) is 14.3 Å². The Labute approximate surface area is 177 Å². The molecular formula is C24H25N2O4. The van der Waals surface area contributed by atoms with Crippen molar-refractivity contribution in [1.29, 1.82) is 0 Å². The number of benzene rings is 2. The fourth-order valence-corrected chi connectivity index (χ4v) is 3.14. The van der Waals surface area contributed by atoms with Crippen LogP contribution < -0.4 is 10.6 Å². The molecular weight excluding hydrogens is 380 g/mol. The Morgan fingerprint density at radius 2 is 1.57 bits per heavy atom. The summed E-state index contributed by atoms with van der Waals surface area (Å²) in [5.41, 5.74) is 1.58. The lowest BCUT2D eigenvalue weighted by molar-refractivity contribution is -0.147. The fourth-order valence-electron chi connectivity index (χ4n) is 3.14. The lowest BCUT2D eigenvalue weighted by Crippen LogP contribution is -2.49. The third-order valence-corrected chi connectivity index (χ3v) is 4.84. The van der Waals surface area contributed by atoms with Crippen molar-refractivity contribution in [3.05, 3.63) is 79.1 Å². The van der Waals surface area contributed by atoms with Crippen molar-refractivity contribution in [3.8, 4) is 0 Å². The van der Waals surface area contributed by atoms with Gasteiger partial charge in [-0.3, -0.25) is 9.59 Å². The number of amides is 2. The maximum absolute atomic E-state index is 12.6. The number of carbonyl (C=O) groups excluding carboxylic acids is 3. The van der Waals surface area contributed by atoms with Crippen molar-refractivity contribution in [3.63, 3.8) is 0 Å². The Kier molecular flexibility index (Phi) is 7.08. The standard InChI is InChI=1S/C24H25N2O4/c1-4-30-24(29)16(3)26-22(27)15(2)25-23(28)21-12-11-19-13-18(9-10-20(19)14-21)17-7-5-6-8-17/h5-16H,4H2,1-3H3,(H,25,28)(H,26,27)/t15-,16-/m0/s1. The number of nitrogens with one attached hydrogen (secondary N) is 2. The minimum Gasteiger partial charge on any atom is -0.464 e. The minimum atomic E-state index is -0.801. The molecule has 0 spiro atoms. The van der Waals surface area contributed by atoms with Crippen molar-refractivity contribution in [2.45, 2.75) is 32.9 Å². The van der Waals surface area contributed by atoms with Crippen LogP contribution in [0.1, 0.15) is 36.7 Å². The first-order valence-electron chi connectivity index (χ1n) is 9.93. The van der Waals surface area contributed by atoms with E-state index >= 15 is 0 Å². The molecule has 1 saturated carbocycles. The molecule has 5 radical (unpaired) electrons. The highest BCUT2D eigenvalue weighted by Gasteiger charge is 2.22. The SMILES string of the molecule is CCOC(=O)[C@H](C)NC(=O)[C@H](C)NC(=O)c1ccc2cc([C]3[CH][CH][CH][CH]3)ccc2c1. The van der Waals surface area contributed by atoms with Crippen LogP contribution in [0.5, 0.6) is 0 Å². The zero-order valence-electron chi connectivity index (χ0n) is 17.3. The van der Waals surface area contributed by atoms with Crippen LogP contribution in [0.4, 0.5) is 0 Å². The number of fused-ring (bicyclic) bond motifs is 1. The smallest absolute Gasteiger partial charge is 0.328 e. The van der Waals surface area contributed by atoms with Gasteiger partial charge in [-0.2, -0.15) is 0 Å². The van der Waals surface area contributed by atoms with Gasteiger partial charge in [0, 0.05) is 11.5 Å². The highest BCUT2D eigenvalue weighted by atomic mass is 16.5. The summed E-state index contributed by atoms with van der Waals surface area (Å²) in [6.07, 6.45) is 8.10. The van der Waals surface area contributed by atoms with E-state index < -0.39 is 24.0 Å². The normalized spacial score (nSPS) is 16.1. The van der Waals surface area contributed by atoms with Gasteiger partial charge in [-0.05, 0) is 74.9 Å². The van der Waals surface area contributed by atoms with Crippen LogP contribution in [0.15, 0.2) is 36.4 Å². The molecule has 0 bridgehead atoms. The lowest BCUT2D eigenvalue weighted by atomic mass is 9.94. The highest BCUT2D eigenvalue weighted by Crippen LogP contribution is 2.31. The maximum Gasteiger partial charge on any atom is 0.328 e. The third kappa shape index (κ3) is 5.17. The fraction of sp³-hybridized carbons (Fsp3) is 0.250. The summed E-state index contributed by atoms with van der Waals surface area (Å²) in [6.45, 7) is 5.04. The van der Waals surface area contributed by atoms with Gasteiger partial charge in [-0.25, -0.2) is 4.79 Å². The molecule has 6 heteroatoms. The van der Waals surface area contributed by atoms with Crippen LogP contribution >= 0.6 is 0 Å². The van der Waals surface area contributed by atoms with Crippen molar-refractivity contribution < 1.29 is 19.1 Å². The van der Waals surface area contributed by atoms with Gasteiger partial charge < -0.3 is 15.4 Å². The topological polar surface area (TPSA) is 84.5 Å². The van der Waals surface area contributed by atoms with E-state index in [1.54, 1.807) is 26.0 Å². The van der Waals surface area contributed by atoms with Crippen LogP contribution in [0, 0.1) is 31.6 Å². The average Bonchev–Trinajstić information content (AvgIpc) is 3.27. The molecule has 155 valence electrons. The summed E-state index contributed by atoms with van der Waals surface area (Å²) in [5, 5.41) is 7.17. The monoisotopic (exact) mass is 405 g/mol. The van der Waals surface area contributed by atoms with Gasteiger partial charge in [0.1, 0.15) is 12.1 Å². The zero-order chi connectivity index (χ0) is 21.7. The summed E-state index contributed by atoms with van der Waals surface area (Å²) in [4.78, 5) is 36.5. The van der Waals surface area contributed by atoms with Crippen LogP contribution in [-0.4, -0.2) is 36.5 Å². The number of hydrogen-bond acceptors (Lipinski definition) is 4. The van der Waals surface area contributed by atoms with Crippen molar-refractivity contribution in [1.82, 2.24) is 10.6 Å². The first-order valence-corrected chi connectivity index (χ1v) is 9.93. The molecule has 2 aromatic rings. The van der Waals surface area contributed by atoms with Crippen molar-refractivity contribution >= 4 is 28.6 Å². The van der Waals surface area contributed by atoms with Crippen LogP contribution in [0.25, 0.3) is 10.8 Å². The van der Waals surface area contributed by atoms with Gasteiger partial charge in [-0.15, -0.1) is 0 Å². The van der Waals surface area contributed by atoms with Gasteiger partial charge in [0.15, 0.2) is 0 Å². The number of esters is 1. The van der Waals surface area contributed by atoms with E-state index in [1.807, 2.05) is 31.0 Å². The van der Waals surface area contributed by atoms with Gasteiger partial charge >= 0.3 is 5.97 Å². The van der Waals surface area contributed by atoms with Gasteiger partial charge in [0.25, 0.3) is 5.91 Å². The predicted octanol–water partition coefficient (Wildman–Crippen LogP) is 2.78. The Morgan fingerprint density at radius 1 is 0.900 bits per heavy atom. The highest BCUT2D eigenvalue weighted by molar-refractivity contribution is 6.01. The average molecular weight is 405 g/mol. The third-order valence-electron chi connectivity index (χ3n) is 4.84. The molecule has 0 aliphatic heterocycles. The summed E-state index contributed by atoms with van der Waals surface area (Å²) in [6, 6.07) is 9.92. The molecule has 2 aromatic carbocycles. The molecule has 2 N–H and O–H groups in total. The van der Waals surface area contributed by atoms with E-state index in [2.05, 4.69) is 29.5 Å². The Morgan fingerprint density at radius 3 is 2.27 bits per heavy atom. The molecule has 0 aromatic heterocycles.